The van der Waals surface area contributed by atoms with E-state index in [4.69, 9.17) is 10.9 Å². The van der Waals surface area contributed by atoms with Crippen molar-refractivity contribution >= 4 is 11.7 Å². The van der Waals surface area contributed by atoms with Gasteiger partial charge in [0, 0.05) is 12.0 Å². The van der Waals surface area contributed by atoms with Crippen LogP contribution in [0.4, 0.5) is 0 Å². The summed E-state index contributed by atoms with van der Waals surface area (Å²) in [5, 5.41) is 11.8. The maximum absolute atomic E-state index is 12.8. The number of nitrogens with two attached hydrogens (primary N) is 1. The topological polar surface area (TPSA) is 78.9 Å². The Balaban J connectivity index is 2.05. The van der Waals surface area contributed by atoms with Crippen molar-refractivity contribution in [3.63, 3.8) is 0 Å². The first-order valence-electron chi connectivity index (χ1n) is 7.99. The van der Waals surface area contributed by atoms with Gasteiger partial charge in [-0.2, -0.15) is 0 Å². The van der Waals surface area contributed by atoms with Gasteiger partial charge < -0.3 is 15.8 Å². The van der Waals surface area contributed by atoms with Crippen LogP contribution in [0.3, 0.4) is 0 Å². The number of nitrogens with zero attached hydrogens (tertiary/aromatic N) is 2. The minimum atomic E-state index is 0.138. The molecule has 5 nitrogen and oxygen atoms in total. The summed E-state index contributed by atoms with van der Waals surface area (Å²) in [5.41, 5.74) is 5.65. The maximum atomic E-state index is 12.8. The highest BCUT2D eigenvalue weighted by Crippen LogP contribution is 2.29. The molecule has 0 bridgehead atoms. The van der Waals surface area contributed by atoms with Gasteiger partial charge in [-0.3, -0.25) is 4.79 Å². The number of hydrogen-bond donors (Lipinski definition) is 2. The van der Waals surface area contributed by atoms with Crippen molar-refractivity contribution in [1.82, 2.24) is 4.90 Å². The summed E-state index contributed by atoms with van der Waals surface area (Å²) in [7, 11) is 0. The third-order valence-electron chi connectivity index (χ3n) is 4.71. The quantitative estimate of drug-likeness (QED) is 0.273. The first-order valence-corrected chi connectivity index (χ1v) is 7.99. The number of amidine groups is 1. The second-order valence-corrected chi connectivity index (χ2v) is 6.18. The number of hydrogen-bond acceptors (Lipinski definition) is 3. The van der Waals surface area contributed by atoms with E-state index in [2.05, 4.69) is 5.16 Å². The molecule has 20 heavy (non-hydrogen) atoms. The summed E-state index contributed by atoms with van der Waals surface area (Å²) in [5.74, 6) is 0.508. The number of carbonyl (C=O) groups excluding carboxylic acids is 1. The molecule has 0 aliphatic heterocycles. The fourth-order valence-electron chi connectivity index (χ4n) is 3.57. The third kappa shape index (κ3) is 3.87. The van der Waals surface area contributed by atoms with Crippen LogP contribution < -0.4 is 5.73 Å². The van der Waals surface area contributed by atoms with Gasteiger partial charge in [-0.1, -0.05) is 43.7 Å². The highest BCUT2D eigenvalue weighted by molar-refractivity contribution is 5.88. The summed E-state index contributed by atoms with van der Waals surface area (Å²) in [6, 6.07) is 0.283. The van der Waals surface area contributed by atoms with E-state index in [1.54, 1.807) is 0 Å². The van der Waals surface area contributed by atoms with Crippen molar-refractivity contribution in [3.05, 3.63) is 0 Å². The molecule has 3 N–H and O–H groups in total. The van der Waals surface area contributed by atoms with Crippen molar-refractivity contribution in [2.24, 2.45) is 16.8 Å². The van der Waals surface area contributed by atoms with Crippen LogP contribution in [-0.4, -0.2) is 34.4 Å². The lowest BCUT2D eigenvalue weighted by molar-refractivity contribution is -0.137. The molecule has 0 unspecified atom stereocenters. The lowest BCUT2D eigenvalue weighted by atomic mass is 9.97. The molecule has 2 saturated carbocycles. The normalized spacial score (nSPS) is 22.7. The van der Waals surface area contributed by atoms with Crippen molar-refractivity contribution in [2.75, 3.05) is 6.54 Å². The average Bonchev–Trinajstić information content (AvgIpc) is 2.85. The van der Waals surface area contributed by atoms with Crippen molar-refractivity contribution < 1.29 is 10.0 Å². The van der Waals surface area contributed by atoms with Crippen LogP contribution in [-0.2, 0) is 4.79 Å². The van der Waals surface area contributed by atoms with E-state index >= 15 is 0 Å². The Kier molecular flexibility index (Phi) is 5.68. The smallest absolute Gasteiger partial charge is 0.226 e. The lowest BCUT2D eigenvalue weighted by Gasteiger charge is -2.31. The molecule has 2 fully saturated rings. The minimum absolute atomic E-state index is 0.138. The first kappa shape index (κ1) is 15.1. The largest absolute Gasteiger partial charge is 0.409 e. The predicted octanol–water partition coefficient (Wildman–Crippen LogP) is 2.47. The molecule has 2 aliphatic carbocycles. The molecule has 0 spiro atoms. The number of carbonyl (C=O) groups is 1. The van der Waals surface area contributed by atoms with Crippen LogP contribution in [0.1, 0.15) is 64.2 Å². The van der Waals surface area contributed by atoms with E-state index in [9.17, 15) is 4.79 Å². The van der Waals surface area contributed by atoms with Crippen molar-refractivity contribution in [1.29, 1.82) is 0 Å². The van der Waals surface area contributed by atoms with Gasteiger partial charge in [-0.15, -0.1) is 0 Å². The van der Waals surface area contributed by atoms with Crippen LogP contribution in [0.25, 0.3) is 0 Å². The number of amides is 1. The Morgan fingerprint density at radius 3 is 2.15 bits per heavy atom. The molecule has 114 valence electrons. The molecule has 0 radical (unpaired) electrons. The van der Waals surface area contributed by atoms with Gasteiger partial charge in [0.25, 0.3) is 0 Å². The number of oxime groups is 1. The van der Waals surface area contributed by atoms with E-state index in [0.717, 1.165) is 38.5 Å². The summed E-state index contributed by atoms with van der Waals surface area (Å²) in [6.07, 6.45) is 11.2. The average molecular weight is 281 g/mol. The predicted molar refractivity (Wildman–Crippen MR) is 78.6 cm³/mol. The van der Waals surface area contributed by atoms with Crippen molar-refractivity contribution in [2.45, 2.75) is 70.3 Å². The lowest BCUT2D eigenvalue weighted by Crippen LogP contribution is -2.46. The summed E-state index contributed by atoms with van der Waals surface area (Å²) < 4.78 is 0. The molecule has 0 saturated heterocycles. The summed E-state index contributed by atoms with van der Waals surface area (Å²) in [6.45, 7) is 0.274. The van der Waals surface area contributed by atoms with Gasteiger partial charge in [0.2, 0.25) is 5.91 Å². The Morgan fingerprint density at radius 1 is 1.05 bits per heavy atom. The molecule has 2 rings (SSSR count). The molecule has 0 aromatic heterocycles. The van der Waals surface area contributed by atoms with E-state index in [-0.39, 0.29) is 30.2 Å². The fraction of sp³-hybridized carbons (Fsp3) is 0.867. The van der Waals surface area contributed by atoms with Crippen LogP contribution in [0, 0.1) is 5.92 Å². The van der Waals surface area contributed by atoms with Gasteiger partial charge in [-0.25, -0.2) is 0 Å². The molecule has 1 amide bonds. The highest BCUT2D eigenvalue weighted by atomic mass is 16.4. The van der Waals surface area contributed by atoms with Crippen LogP contribution in [0.5, 0.6) is 0 Å². The second-order valence-electron chi connectivity index (χ2n) is 6.18. The van der Waals surface area contributed by atoms with E-state index in [0.29, 0.717) is 0 Å². The minimum Gasteiger partial charge on any atom is -0.409 e. The first-order chi connectivity index (χ1) is 9.72. The Labute approximate surface area is 121 Å². The monoisotopic (exact) mass is 281 g/mol. The van der Waals surface area contributed by atoms with E-state index in [1.165, 1.54) is 25.7 Å². The molecule has 2 aliphatic rings. The molecule has 0 atom stereocenters. The third-order valence-corrected chi connectivity index (χ3v) is 4.71. The van der Waals surface area contributed by atoms with Crippen molar-refractivity contribution in [3.8, 4) is 0 Å². The molecular weight excluding hydrogens is 254 g/mol. The number of rotatable bonds is 4. The molecular formula is C15H27N3O2. The highest BCUT2D eigenvalue weighted by Gasteiger charge is 2.32. The zero-order valence-electron chi connectivity index (χ0n) is 12.3. The standard InChI is InChI=1S/C15H27N3O2/c16-14(17-20)11-18(13-9-5-6-10-13)15(19)12-7-3-1-2-4-8-12/h12-13,20H,1-11H2,(H2,16,17). The Bertz CT molecular complexity index is 343. The van der Waals surface area contributed by atoms with E-state index < -0.39 is 0 Å². The zero-order chi connectivity index (χ0) is 14.4. The molecule has 5 heteroatoms. The Morgan fingerprint density at radius 2 is 1.60 bits per heavy atom. The fourth-order valence-corrected chi connectivity index (χ4v) is 3.57. The molecule has 0 aromatic carbocycles. The van der Waals surface area contributed by atoms with Gasteiger partial charge in [0.05, 0.1) is 6.54 Å². The second kappa shape index (κ2) is 7.50. The maximum Gasteiger partial charge on any atom is 0.226 e. The van der Waals surface area contributed by atoms with Gasteiger partial charge in [0.15, 0.2) is 5.84 Å². The van der Waals surface area contributed by atoms with Crippen LogP contribution >= 0.6 is 0 Å². The summed E-state index contributed by atoms with van der Waals surface area (Å²) >= 11 is 0. The van der Waals surface area contributed by atoms with Gasteiger partial charge >= 0.3 is 0 Å². The summed E-state index contributed by atoms with van der Waals surface area (Å²) in [4.78, 5) is 14.7. The van der Waals surface area contributed by atoms with Crippen LogP contribution in [0.15, 0.2) is 5.16 Å². The zero-order valence-corrected chi connectivity index (χ0v) is 12.3. The van der Waals surface area contributed by atoms with Gasteiger partial charge in [0.1, 0.15) is 0 Å². The Hall–Kier alpha value is -1.26. The van der Waals surface area contributed by atoms with Crippen LogP contribution in [0.2, 0.25) is 0 Å². The van der Waals surface area contributed by atoms with Gasteiger partial charge in [-0.05, 0) is 25.7 Å². The van der Waals surface area contributed by atoms with E-state index in [1.807, 2.05) is 4.90 Å². The molecule has 0 heterocycles. The molecule has 0 aromatic rings. The SMILES string of the molecule is NC(CN(C(=O)C1CCCCCC1)C1CCCC1)=NO.